The van der Waals surface area contributed by atoms with Crippen LogP contribution in [0.5, 0.6) is 0 Å². The van der Waals surface area contributed by atoms with Gasteiger partial charge in [0.25, 0.3) is 5.91 Å². The minimum Gasteiger partial charge on any atom is -0.395 e. The van der Waals surface area contributed by atoms with Crippen LogP contribution in [0.1, 0.15) is 41.7 Å². The maximum absolute atomic E-state index is 13.3. The number of sulfonamides is 1. The molecule has 3 aliphatic heterocycles. The second-order valence-corrected chi connectivity index (χ2v) is 10.7. The van der Waals surface area contributed by atoms with E-state index >= 15 is 0 Å². The van der Waals surface area contributed by atoms with Crippen LogP contribution in [0, 0.1) is 12.8 Å². The lowest BCUT2D eigenvalue weighted by Gasteiger charge is -2.34. The number of carbonyl (C=O) groups excluding carboxylic acids is 1. The van der Waals surface area contributed by atoms with Crippen molar-refractivity contribution in [2.24, 2.45) is 5.92 Å². The van der Waals surface area contributed by atoms with Crippen LogP contribution in [-0.4, -0.2) is 61.4 Å². The zero-order valence-electron chi connectivity index (χ0n) is 19.8. The number of hydrogen-bond acceptors (Lipinski definition) is 8. The number of nitrogens with zero attached hydrogens (tertiary/aromatic N) is 3. The lowest BCUT2D eigenvalue weighted by atomic mass is 9.92. The molecule has 11 heteroatoms. The van der Waals surface area contributed by atoms with E-state index in [1.165, 1.54) is 0 Å². The molecule has 0 aliphatic carbocycles. The number of amides is 1. The lowest BCUT2D eigenvalue weighted by Crippen LogP contribution is -2.35. The molecule has 4 N–H and O–H groups in total. The quantitative estimate of drug-likeness (QED) is 0.471. The normalized spacial score (nSPS) is 18.2. The summed E-state index contributed by atoms with van der Waals surface area (Å²) in [6.07, 6.45) is 8.24. The number of allylic oxidation sites excluding steroid dienone is 1. The third kappa shape index (κ3) is 6.70. The Labute approximate surface area is 205 Å². The molecule has 0 spiro atoms. The highest BCUT2D eigenvalue weighted by atomic mass is 32.2. The minimum absolute atomic E-state index is 0.332. The molecular weight excluding hydrogens is 468 g/mol. The van der Waals surface area contributed by atoms with Crippen LogP contribution in [0.4, 0.5) is 23.1 Å². The van der Waals surface area contributed by atoms with E-state index in [1.54, 1.807) is 24.3 Å². The van der Waals surface area contributed by atoms with Gasteiger partial charge >= 0.3 is 0 Å². The van der Waals surface area contributed by atoms with E-state index in [9.17, 15) is 13.2 Å². The number of aromatic nitrogens is 2. The molecule has 1 aromatic carbocycles. The molecule has 4 heterocycles. The number of aliphatic hydroxyl groups excluding tert-OH is 1. The van der Waals surface area contributed by atoms with Gasteiger partial charge in [-0.05, 0) is 56.7 Å². The highest BCUT2D eigenvalue weighted by Crippen LogP contribution is 2.31. The van der Waals surface area contributed by atoms with Gasteiger partial charge in [0.2, 0.25) is 16.0 Å². The number of nitrogens with one attached hydrogen (secondary N) is 3. The Morgan fingerprint density at radius 2 is 1.97 bits per heavy atom. The largest absolute Gasteiger partial charge is 0.395 e. The Kier molecular flexibility index (Phi) is 7.86. The summed E-state index contributed by atoms with van der Waals surface area (Å²) in [7, 11) is -3.69. The molecule has 35 heavy (non-hydrogen) atoms. The number of piperidine rings is 1. The minimum atomic E-state index is -3.69. The van der Waals surface area contributed by atoms with Gasteiger partial charge in [-0.3, -0.25) is 9.52 Å². The molecule has 2 aromatic rings. The fraction of sp³-hybridized carbons (Fsp3) is 0.458. The predicted octanol–water partition coefficient (Wildman–Crippen LogP) is 2.75. The van der Waals surface area contributed by atoms with Crippen LogP contribution in [0.2, 0.25) is 0 Å². The summed E-state index contributed by atoms with van der Waals surface area (Å²) >= 11 is 0. The number of hydrogen-bond donors (Lipinski definition) is 4. The van der Waals surface area contributed by atoms with Gasteiger partial charge in [0.05, 0.1) is 29.3 Å². The zero-order valence-corrected chi connectivity index (χ0v) is 20.6. The maximum atomic E-state index is 13.3. The third-order valence-electron chi connectivity index (χ3n) is 6.16. The van der Waals surface area contributed by atoms with E-state index in [0.717, 1.165) is 44.5 Å². The SMILES string of the molecule is Cc1cc2nc(n1)NCC/C=C/CC1CCN(CC1)c1cc(NS(=O)(=O)CCO)ccc1C(=O)N2. The molecule has 3 aliphatic rings. The highest BCUT2D eigenvalue weighted by Gasteiger charge is 2.24. The smallest absolute Gasteiger partial charge is 0.258 e. The topological polar surface area (TPSA) is 137 Å². The van der Waals surface area contributed by atoms with Gasteiger partial charge in [-0.15, -0.1) is 0 Å². The van der Waals surface area contributed by atoms with Gasteiger partial charge in [-0.1, -0.05) is 12.2 Å². The molecule has 1 aromatic heterocycles. The van der Waals surface area contributed by atoms with Gasteiger partial charge in [0, 0.05) is 31.4 Å². The second kappa shape index (κ2) is 11.0. The summed E-state index contributed by atoms with van der Waals surface area (Å²) in [4.78, 5) is 24.3. The van der Waals surface area contributed by atoms with Crippen molar-refractivity contribution in [2.75, 3.05) is 52.2 Å². The van der Waals surface area contributed by atoms with Crippen LogP contribution in [-0.2, 0) is 10.0 Å². The molecule has 1 saturated heterocycles. The number of anilines is 4. The molecule has 0 saturated carbocycles. The first-order chi connectivity index (χ1) is 16.8. The Morgan fingerprint density at radius 3 is 2.74 bits per heavy atom. The van der Waals surface area contributed by atoms with Gasteiger partial charge < -0.3 is 20.6 Å². The first kappa shape index (κ1) is 24.9. The van der Waals surface area contributed by atoms with Gasteiger partial charge in [-0.2, -0.15) is 4.98 Å². The first-order valence-corrected chi connectivity index (χ1v) is 13.5. The molecule has 0 atom stereocenters. The number of fused-ring (bicyclic) bond motifs is 7. The van der Waals surface area contributed by atoms with Crippen molar-refractivity contribution in [1.82, 2.24) is 9.97 Å². The molecule has 0 unspecified atom stereocenters. The van der Waals surface area contributed by atoms with E-state index in [1.807, 2.05) is 6.92 Å². The first-order valence-electron chi connectivity index (χ1n) is 11.9. The summed E-state index contributed by atoms with van der Waals surface area (Å²) in [5.41, 5.74) is 2.17. The molecular formula is C24H32N6O4S. The monoisotopic (exact) mass is 500 g/mol. The van der Waals surface area contributed by atoms with Crippen molar-refractivity contribution in [2.45, 2.75) is 32.6 Å². The lowest BCUT2D eigenvalue weighted by molar-refractivity contribution is 0.102. The van der Waals surface area contributed by atoms with Crippen LogP contribution < -0.4 is 20.3 Å². The molecule has 1 fully saturated rings. The van der Waals surface area contributed by atoms with E-state index in [4.69, 9.17) is 5.11 Å². The van der Waals surface area contributed by atoms with Crippen LogP contribution >= 0.6 is 0 Å². The van der Waals surface area contributed by atoms with Crippen molar-refractivity contribution in [3.63, 3.8) is 0 Å². The van der Waals surface area contributed by atoms with E-state index < -0.39 is 22.4 Å². The fourth-order valence-corrected chi connectivity index (χ4v) is 5.21. The van der Waals surface area contributed by atoms with E-state index in [2.05, 4.69) is 42.4 Å². The Bertz CT molecular complexity index is 1190. The Balaban J connectivity index is 1.69. The number of aryl methyl sites for hydroxylation is 1. The van der Waals surface area contributed by atoms with Crippen molar-refractivity contribution in [3.8, 4) is 0 Å². The van der Waals surface area contributed by atoms with Crippen LogP contribution in [0.15, 0.2) is 36.4 Å². The molecule has 0 radical (unpaired) electrons. The van der Waals surface area contributed by atoms with Crippen molar-refractivity contribution in [3.05, 3.63) is 47.7 Å². The van der Waals surface area contributed by atoms with E-state index in [-0.39, 0.29) is 5.91 Å². The Morgan fingerprint density at radius 1 is 1.17 bits per heavy atom. The molecule has 1 amide bonds. The van der Waals surface area contributed by atoms with Gasteiger partial charge in [0.15, 0.2) is 0 Å². The van der Waals surface area contributed by atoms with E-state index in [0.29, 0.717) is 41.2 Å². The summed E-state index contributed by atoms with van der Waals surface area (Å²) in [5.74, 6) is 0.683. The predicted molar refractivity (Wildman–Crippen MR) is 137 cm³/mol. The van der Waals surface area contributed by atoms with Crippen LogP contribution in [0.3, 0.4) is 0 Å². The van der Waals surface area contributed by atoms with Gasteiger partial charge in [0.1, 0.15) is 5.82 Å². The summed E-state index contributed by atoms with van der Waals surface area (Å²) in [5, 5.41) is 15.1. The average Bonchev–Trinajstić information content (AvgIpc) is 2.80. The van der Waals surface area contributed by atoms with Crippen LogP contribution in [0.25, 0.3) is 0 Å². The van der Waals surface area contributed by atoms with Crippen molar-refractivity contribution < 1.29 is 18.3 Å². The number of carbonyl (C=O) groups is 1. The van der Waals surface area contributed by atoms with Crippen molar-refractivity contribution in [1.29, 1.82) is 0 Å². The number of benzene rings is 1. The zero-order chi connectivity index (χ0) is 24.8. The third-order valence-corrected chi connectivity index (χ3v) is 7.42. The molecule has 188 valence electrons. The maximum Gasteiger partial charge on any atom is 0.258 e. The molecule has 10 nitrogen and oxygen atoms in total. The fourth-order valence-electron chi connectivity index (χ4n) is 4.38. The summed E-state index contributed by atoms with van der Waals surface area (Å²) in [6.45, 7) is 3.60. The van der Waals surface area contributed by atoms with Gasteiger partial charge in [-0.25, -0.2) is 13.4 Å². The number of rotatable bonds is 4. The standard InChI is InChI=1S/C24H32N6O4S/c1-17-15-22-27-23(32)20-7-6-19(29-35(33,34)14-13-31)16-21(20)30-11-8-18(9-12-30)5-3-2-4-10-25-24(26-17)28-22/h2-3,6-7,15-16,18,29,31H,4-5,8-14H2,1H3,(H2,25,26,27,28,32)/b3-2+. The Hall–Kier alpha value is -3.18. The molecule has 4 bridgehead atoms. The second-order valence-electron chi connectivity index (χ2n) is 8.90. The summed E-state index contributed by atoms with van der Waals surface area (Å²) < 4.78 is 26.9. The average molecular weight is 501 g/mol. The number of aliphatic hydroxyl groups is 1. The highest BCUT2D eigenvalue weighted by molar-refractivity contribution is 7.92. The summed E-state index contributed by atoms with van der Waals surface area (Å²) in [6, 6.07) is 6.58. The van der Waals surface area contributed by atoms with Crippen molar-refractivity contribution >= 4 is 39.1 Å². The molecule has 5 rings (SSSR count).